The zero-order chi connectivity index (χ0) is 29.2. The first-order valence-electron chi connectivity index (χ1n) is 12.5. The number of carbonyl (C=O) groups is 3. The summed E-state index contributed by atoms with van der Waals surface area (Å²) < 4.78 is 26.6. The summed E-state index contributed by atoms with van der Waals surface area (Å²) in [6.45, 7) is 5.05. The molecule has 2 aromatic rings. The molecule has 1 aliphatic rings. The van der Waals surface area contributed by atoms with Crippen molar-refractivity contribution in [1.82, 2.24) is 0 Å². The highest BCUT2D eigenvalue weighted by molar-refractivity contribution is 5.89. The minimum absolute atomic E-state index is 0.0204. The summed E-state index contributed by atoms with van der Waals surface area (Å²) >= 11 is 0. The topological polar surface area (TPSA) is 178 Å². The van der Waals surface area contributed by atoms with E-state index in [2.05, 4.69) is 6.58 Å². The van der Waals surface area contributed by atoms with Crippen molar-refractivity contribution in [2.75, 3.05) is 13.2 Å². The van der Waals surface area contributed by atoms with Crippen LogP contribution in [0.15, 0.2) is 55.1 Å². The van der Waals surface area contributed by atoms with Gasteiger partial charge in [0.25, 0.3) is 0 Å². The summed E-state index contributed by atoms with van der Waals surface area (Å²) in [5.41, 5.74) is 1.06. The fraction of sp³-hybridized carbons (Fsp3) is 0.393. The van der Waals surface area contributed by atoms with Gasteiger partial charge in [-0.05, 0) is 42.3 Å². The Hall–Kier alpha value is -3.81. The molecule has 12 heteroatoms. The number of aldehydes is 1. The monoisotopic (exact) mass is 560 g/mol. The van der Waals surface area contributed by atoms with Crippen molar-refractivity contribution in [1.29, 1.82) is 0 Å². The molecule has 0 spiro atoms. The quantitative estimate of drug-likeness (QED) is 0.155. The van der Waals surface area contributed by atoms with Gasteiger partial charge in [0.1, 0.15) is 49.6 Å². The fourth-order valence-corrected chi connectivity index (χ4v) is 3.58. The van der Waals surface area contributed by atoms with Gasteiger partial charge >= 0.3 is 11.9 Å². The largest absolute Gasteiger partial charge is 0.489 e. The van der Waals surface area contributed by atoms with Crippen LogP contribution in [0.2, 0.25) is 0 Å². The molecule has 0 bridgehead atoms. The van der Waals surface area contributed by atoms with Gasteiger partial charge in [-0.1, -0.05) is 31.7 Å². The van der Waals surface area contributed by atoms with E-state index in [0.29, 0.717) is 24.0 Å². The minimum Gasteiger partial charge on any atom is -0.489 e. The van der Waals surface area contributed by atoms with Gasteiger partial charge in [-0.3, -0.25) is 4.79 Å². The second-order valence-corrected chi connectivity index (χ2v) is 8.90. The smallest absolute Gasteiger partial charge is 0.338 e. The van der Waals surface area contributed by atoms with Gasteiger partial charge in [0.05, 0.1) is 17.2 Å². The molecule has 1 fully saturated rings. The molecule has 12 nitrogen and oxygen atoms in total. The molecule has 3 rings (SSSR count). The van der Waals surface area contributed by atoms with Crippen LogP contribution in [0.3, 0.4) is 0 Å². The molecule has 0 amide bonds. The zero-order valence-corrected chi connectivity index (χ0v) is 21.8. The molecule has 216 valence electrons. The molecule has 2 aromatic carbocycles. The predicted octanol–water partition coefficient (Wildman–Crippen LogP) is 0.921. The first kappa shape index (κ1) is 30.7. The van der Waals surface area contributed by atoms with E-state index in [1.54, 1.807) is 31.2 Å². The molecule has 0 aliphatic carbocycles. The second-order valence-electron chi connectivity index (χ2n) is 8.90. The van der Waals surface area contributed by atoms with Crippen molar-refractivity contribution in [3.05, 3.63) is 71.8 Å². The third-order valence-electron chi connectivity index (χ3n) is 5.97. The summed E-state index contributed by atoms with van der Waals surface area (Å²) in [4.78, 5) is 36.0. The molecule has 4 N–H and O–H groups in total. The van der Waals surface area contributed by atoms with Gasteiger partial charge in [-0.15, -0.1) is 0 Å². The van der Waals surface area contributed by atoms with Crippen LogP contribution in [0.5, 0.6) is 11.5 Å². The molecule has 0 saturated carbocycles. The van der Waals surface area contributed by atoms with Crippen molar-refractivity contribution in [2.45, 2.75) is 56.8 Å². The van der Waals surface area contributed by atoms with Crippen LogP contribution in [-0.2, 0) is 25.6 Å². The molecule has 1 heterocycles. The van der Waals surface area contributed by atoms with Crippen molar-refractivity contribution in [3.63, 3.8) is 0 Å². The first-order valence-corrected chi connectivity index (χ1v) is 12.5. The van der Waals surface area contributed by atoms with Crippen LogP contribution in [0.25, 0.3) is 0 Å². The number of carbonyl (C=O) groups excluding carboxylic acids is 3. The number of hydrogen-bond donors (Lipinski definition) is 4. The Labute approximate surface area is 230 Å². The Balaban J connectivity index is 1.62. The maximum atomic E-state index is 12.2. The minimum atomic E-state index is -1.79. The molecule has 2 unspecified atom stereocenters. The van der Waals surface area contributed by atoms with Gasteiger partial charge in [-0.25, -0.2) is 9.59 Å². The number of rotatable bonds is 13. The Morgan fingerprint density at radius 2 is 1.77 bits per heavy atom. The van der Waals surface area contributed by atoms with Crippen molar-refractivity contribution >= 4 is 18.2 Å². The van der Waals surface area contributed by atoms with Crippen molar-refractivity contribution < 1.29 is 58.5 Å². The highest BCUT2D eigenvalue weighted by Crippen LogP contribution is 2.29. The maximum Gasteiger partial charge on any atom is 0.338 e. The normalized spacial score (nSPS) is 23.0. The first-order chi connectivity index (χ1) is 19.2. The van der Waals surface area contributed by atoms with Gasteiger partial charge in [-0.2, -0.15) is 0 Å². The lowest BCUT2D eigenvalue weighted by molar-refractivity contribution is -0.272. The van der Waals surface area contributed by atoms with E-state index in [0.717, 1.165) is 5.56 Å². The summed E-state index contributed by atoms with van der Waals surface area (Å²) in [7, 11) is 0. The fourth-order valence-electron chi connectivity index (χ4n) is 3.58. The standard InChI is InChI=1S/C28H32O12/c1-3-11-36-27(35)25-23(32)22(31)24(33)28(40-25)39-21-10-9-20(12-18(21)13-29)37-14-16-5-7-17(8-6-16)26(34)38-15-19(30)4-2/h3,5-10,12-13,19,22-25,28,30-33H,1,4,11,14-15H2,2H3/t19-,22+,23-,24?,25?,28-/m1/s1. The molecule has 0 radical (unpaired) electrons. The Morgan fingerprint density at radius 1 is 1.05 bits per heavy atom. The van der Waals surface area contributed by atoms with Crippen LogP contribution in [0.1, 0.15) is 39.6 Å². The number of aliphatic hydroxyl groups is 4. The lowest BCUT2D eigenvalue weighted by atomic mass is 9.99. The summed E-state index contributed by atoms with van der Waals surface area (Å²) in [6, 6.07) is 10.7. The van der Waals surface area contributed by atoms with E-state index in [-0.39, 0.29) is 31.1 Å². The highest BCUT2D eigenvalue weighted by atomic mass is 16.7. The zero-order valence-electron chi connectivity index (χ0n) is 21.8. The summed E-state index contributed by atoms with van der Waals surface area (Å²) in [5.74, 6) is -1.28. The highest BCUT2D eigenvalue weighted by Gasteiger charge is 2.48. The summed E-state index contributed by atoms with van der Waals surface area (Å²) in [6.07, 6.45) is -7.03. The van der Waals surface area contributed by atoms with Gasteiger partial charge in [0.15, 0.2) is 12.4 Å². The van der Waals surface area contributed by atoms with Crippen LogP contribution < -0.4 is 9.47 Å². The van der Waals surface area contributed by atoms with Gasteiger partial charge in [0, 0.05) is 0 Å². The number of benzene rings is 2. The van der Waals surface area contributed by atoms with Gasteiger partial charge < -0.3 is 44.1 Å². The molecular weight excluding hydrogens is 528 g/mol. The van der Waals surface area contributed by atoms with E-state index >= 15 is 0 Å². The molecule has 1 saturated heterocycles. The molecule has 6 atom stereocenters. The lowest BCUT2D eigenvalue weighted by Gasteiger charge is -2.39. The van der Waals surface area contributed by atoms with Crippen molar-refractivity contribution in [3.8, 4) is 11.5 Å². The average molecular weight is 561 g/mol. The van der Waals surface area contributed by atoms with Crippen LogP contribution in [0, 0.1) is 0 Å². The van der Waals surface area contributed by atoms with E-state index in [4.69, 9.17) is 23.7 Å². The van der Waals surface area contributed by atoms with Crippen LogP contribution in [0.4, 0.5) is 0 Å². The number of ether oxygens (including phenoxy) is 5. The third kappa shape index (κ3) is 7.87. The summed E-state index contributed by atoms with van der Waals surface area (Å²) in [5, 5.41) is 40.1. The van der Waals surface area contributed by atoms with Crippen LogP contribution in [-0.4, -0.2) is 88.7 Å². The van der Waals surface area contributed by atoms with E-state index in [1.165, 1.54) is 24.3 Å². The van der Waals surface area contributed by atoms with Crippen molar-refractivity contribution in [2.24, 2.45) is 0 Å². The number of hydrogen-bond acceptors (Lipinski definition) is 12. The Kier molecular flexibility index (Phi) is 11.2. The molecule has 0 aromatic heterocycles. The maximum absolute atomic E-state index is 12.2. The van der Waals surface area contributed by atoms with E-state index in [9.17, 15) is 34.8 Å². The Morgan fingerprint density at radius 3 is 2.42 bits per heavy atom. The molecule has 1 aliphatic heterocycles. The van der Waals surface area contributed by atoms with Gasteiger partial charge in [0.2, 0.25) is 6.29 Å². The lowest BCUT2D eigenvalue weighted by Crippen LogP contribution is -2.61. The molecular formula is C28H32O12. The SMILES string of the molecule is C=CCOC(=O)C1O[C@@H](Oc2ccc(OCc3ccc(C(=O)OC[C@H](O)CC)cc3)cc2C=O)C(O)[C@@H](O)[C@H]1O. The van der Waals surface area contributed by atoms with E-state index < -0.39 is 48.7 Å². The van der Waals surface area contributed by atoms with E-state index in [1.807, 2.05) is 0 Å². The molecule has 40 heavy (non-hydrogen) atoms. The third-order valence-corrected chi connectivity index (χ3v) is 5.97. The van der Waals surface area contributed by atoms with Crippen LogP contribution >= 0.6 is 0 Å². The number of aliphatic hydroxyl groups excluding tert-OH is 4. The second kappa shape index (κ2) is 14.5. The predicted molar refractivity (Wildman–Crippen MR) is 138 cm³/mol. The Bertz CT molecular complexity index is 1160. The average Bonchev–Trinajstić information content (AvgIpc) is 2.98. The number of esters is 2.